The molecule has 1 aromatic heterocycles. The highest BCUT2D eigenvalue weighted by atomic mass is 79.9. The van der Waals surface area contributed by atoms with Crippen LogP contribution in [0.25, 0.3) is 0 Å². The van der Waals surface area contributed by atoms with Gasteiger partial charge in [0.05, 0.1) is 5.69 Å². The first-order valence-electron chi connectivity index (χ1n) is 4.83. The van der Waals surface area contributed by atoms with Crippen molar-refractivity contribution in [3.63, 3.8) is 0 Å². The Balaban J connectivity index is 2.40. The molecule has 0 aliphatic carbocycles. The van der Waals surface area contributed by atoms with Gasteiger partial charge in [-0.15, -0.1) is 0 Å². The van der Waals surface area contributed by atoms with Crippen LogP contribution in [0.3, 0.4) is 0 Å². The summed E-state index contributed by atoms with van der Waals surface area (Å²) in [4.78, 5) is 3.94. The number of pyridine rings is 1. The van der Waals surface area contributed by atoms with Gasteiger partial charge in [-0.1, -0.05) is 12.1 Å². The van der Waals surface area contributed by atoms with Crippen molar-refractivity contribution >= 4 is 15.9 Å². The van der Waals surface area contributed by atoms with Gasteiger partial charge in [0.2, 0.25) is 0 Å². The zero-order chi connectivity index (χ0) is 12.4. The summed E-state index contributed by atoms with van der Waals surface area (Å²) in [7, 11) is 0. The molecule has 0 radical (unpaired) electrons. The maximum atomic E-state index is 13.4. The molecular formula is C12H8BrF2NO. The second-order valence-corrected chi connectivity index (χ2v) is 4.36. The fourth-order valence-electron chi connectivity index (χ4n) is 1.44. The fraction of sp³-hybridized carbons (Fsp3) is 0.0833. The van der Waals surface area contributed by atoms with Crippen LogP contribution in [0.2, 0.25) is 0 Å². The van der Waals surface area contributed by atoms with E-state index in [4.69, 9.17) is 0 Å². The van der Waals surface area contributed by atoms with Crippen molar-refractivity contribution in [3.05, 3.63) is 63.9 Å². The first-order chi connectivity index (χ1) is 8.09. The highest BCUT2D eigenvalue weighted by Crippen LogP contribution is 2.24. The van der Waals surface area contributed by atoms with Gasteiger partial charge in [-0.2, -0.15) is 0 Å². The van der Waals surface area contributed by atoms with Gasteiger partial charge in [0.1, 0.15) is 6.10 Å². The third kappa shape index (κ3) is 2.50. The normalized spacial score (nSPS) is 12.5. The van der Waals surface area contributed by atoms with E-state index in [1.807, 2.05) is 0 Å². The van der Waals surface area contributed by atoms with E-state index in [-0.39, 0.29) is 11.3 Å². The number of benzene rings is 1. The molecule has 1 unspecified atom stereocenters. The minimum Gasteiger partial charge on any atom is -0.382 e. The summed E-state index contributed by atoms with van der Waals surface area (Å²) in [5.74, 6) is -2.04. The molecule has 0 saturated heterocycles. The molecule has 0 aliphatic heterocycles. The standard InChI is InChI=1S/C12H8BrF2NO/c13-7-4-5-10(16-6-7)12(17)8-2-1-3-9(14)11(8)15/h1-6,12,17H. The number of hydrogen-bond acceptors (Lipinski definition) is 2. The predicted octanol–water partition coefficient (Wildman–Crippen LogP) is 3.20. The minimum absolute atomic E-state index is 0.125. The summed E-state index contributed by atoms with van der Waals surface area (Å²) in [5, 5.41) is 9.90. The SMILES string of the molecule is OC(c1ccc(Br)cn1)c1cccc(F)c1F. The summed E-state index contributed by atoms with van der Waals surface area (Å²) >= 11 is 3.20. The molecule has 0 spiro atoms. The van der Waals surface area contributed by atoms with E-state index in [0.29, 0.717) is 0 Å². The van der Waals surface area contributed by atoms with Crippen LogP contribution < -0.4 is 0 Å². The lowest BCUT2D eigenvalue weighted by Crippen LogP contribution is -2.05. The monoisotopic (exact) mass is 299 g/mol. The van der Waals surface area contributed by atoms with Crippen LogP contribution in [0.15, 0.2) is 41.0 Å². The molecule has 0 aliphatic rings. The summed E-state index contributed by atoms with van der Waals surface area (Å²) in [5.41, 5.74) is 0.137. The van der Waals surface area contributed by atoms with Crippen LogP contribution >= 0.6 is 15.9 Å². The number of nitrogens with zero attached hydrogens (tertiary/aromatic N) is 1. The Kier molecular flexibility index (Phi) is 3.49. The summed E-state index contributed by atoms with van der Waals surface area (Å²) < 4.78 is 27.2. The third-order valence-corrected chi connectivity index (χ3v) is 2.78. The van der Waals surface area contributed by atoms with Crippen LogP contribution in [0.1, 0.15) is 17.4 Å². The molecule has 2 nitrogen and oxygen atoms in total. The number of hydrogen-bond donors (Lipinski definition) is 1. The molecule has 2 rings (SSSR count). The van der Waals surface area contributed by atoms with Crippen molar-refractivity contribution in [1.82, 2.24) is 4.98 Å². The maximum Gasteiger partial charge on any atom is 0.165 e. The van der Waals surface area contributed by atoms with Gasteiger partial charge in [-0.05, 0) is 34.1 Å². The van der Waals surface area contributed by atoms with E-state index in [1.165, 1.54) is 18.3 Å². The molecule has 17 heavy (non-hydrogen) atoms. The Labute approximate surface area is 105 Å². The minimum atomic E-state index is -1.28. The van der Waals surface area contributed by atoms with Crippen LogP contribution in [0, 0.1) is 11.6 Å². The van der Waals surface area contributed by atoms with Crippen LogP contribution in [-0.2, 0) is 0 Å². The van der Waals surface area contributed by atoms with Gasteiger partial charge in [-0.25, -0.2) is 8.78 Å². The zero-order valence-corrected chi connectivity index (χ0v) is 10.2. The lowest BCUT2D eigenvalue weighted by molar-refractivity contribution is 0.208. The Bertz CT molecular complexity index is 531. The van der Waals surface area contributed by atoms with Gasteiger partial charge in [0.25, 0.3) is 0 Å². The first kappa shape index (κ1) is 12.1. The van der Waals surface area contributed by atoms with Crippen molar-refractivity contribution in [1.29, 1.82) is 0 Å². The molecule has 1 atom stereocenters. The molecule has 0 amide bonds. The molecule has 1 N–H and O–H groups in total. The zero-order valence-electron chi connectivity index (χ0n) is 8.57. The summed E-state index contributed by atoms with van der Waals surface area (Å²) in [6.45, 7) is 0. The highest BCUT2D eigenvalue weighted by Gasteiger charge is 2.18. The Morgan fingerprint density at radius 3 is 2.59 bits per heavy atom. The molecule has 0 bridgehead atoms. The van der Waals surface area contributed by atoms with Gasteiger partial charge in [0.15, 0.2) is 11.6 Å². The average Bonchev–Trinajstić information content (AvgIpc) is 2.33. The van der Waals surface area contributed by atoms with Crippen LogP contribution in [-0.4, -0.2) is 10.1 Å². The third-order valence-electron chi connectivity index (χ3n) is 2.31. The molecule has 1 heterocycles. The fourth-order valence-corrected chi connectivity index (χ4v) is 1.67. The molecular weight excluding hydrogens is 292 g/mol. The molecule has 0 saturated carbocycles. The van der Waals surface area contributed by atoms with Gasteiger partial charge < -0.3 is 5.11 Å². The lowest BCUT2D eigenvalue weighted by atomic mass is 10.1. The van der Waals surface area contributed by atoms with Crippen LogP contribution in [0.4, 0.5) is 8.78 Å². The second-order valence-electron chi connectivity index (χ2n) is 3.45. The van der Waals surface area contributed by atoms with E-state index in [2.05, 4.69) is 20.9 Å². The number of halogens is 3. The summed E-state index contributed by atoms with van der Waals surface area (Å²) in [6, 6.07) is 6.88. The van der Waals surface area contributed by atoms with E-state index in [9.17, 15) is 13.9 Å². The van der Waals surface area contributed by atoms with Crippen LogP contribution in [0.5, 0.6) is 0 Å². The van der Waals surface area contributed by atoms with E-state index < -0.39 is 17.7 Å². The van der Waals surface area contributed by atoms with Gasteiger partial charge >= 0.3 is 0 Å². The molecule has 1 aromatic carbocycles. The number of aliphatic hydroxyl groups excluding tert-OH is 1. The Morgan fingerprint density at radius 1 is 1.18 bits per heavy atom. The highest BCUT2D eigenvalue weighted by molar-refractivity contribution is 9.10. The van der Waals surface area contributed by atoms with Crippen molar-refractivity contribution in [2.45, 2.75) is 6.10 Å². The molecule has 2 aromatic rings. The lowest BCUT2D eigenvalue weighted by Gasteiger charge is -2.11. The van der Waals surface area contributed by atoms with E-state index in [0.717, 1.165) is 10.5 Å². The number of aliphatic hydroxyl groups is 1. The summed E-state index contributed by atoms with van der Waals surface area (Å²) in [6.07, 6.45) is 0.203. The molecule has 5 heteroatoms. The molecule has 88 valence electrons. The van der Waals surface area contributed by atoms with Gasteiger partial charge in [-0.3, -0.25) is 4.98 Å². The first-order valence-corrected chi connectivity index (χ1v) is 5.62. The number of rotatable bonds is 2. The number of aromatic nitrogens is 1. The second kappa shape index (κ2) is 4.89. The van der Waals surface area contributed by atoms with E-state index >= 15 is 0 Å². The van der Waals surface area contributed by atoms with Crippen molar-refractivity contribution in [2.75, 3.05) is 0 Å². The Morgan fingerprint density at radius 2 is 1.94 bits per heavy atom. The van der Waals surface area contributed by atoms with Crippen molar-refractivity contribution in [3.8, 4) is 0 Å². The van der Waals surface area contributed by atoms with Crippen molar-refractivity contribution < 1.29 is 13.9 Å². The van der Waals surface area contributed by atoms with E-state index in [1.54, 1.807) is 12.1 Å². The van der Waals surface area contributed by atoms with Gasteiger partial charge in [0, 0.05) is 16.2 Å². The smallest absolute Gasteiger partial charge is 0.165 e. The average molecular weight is 300 g/mol. The largest absolute Gasteiger partial charge is 0.382 e. The quantitative estimate of drug-likeness (QED) is 0.924. The Hall–Kier alpha value is -1.33. The molecule has 0 fully saturated rings. The maximum absolute atomic E-state index is 13.4. The topological polar surface area (TPSA) is 33.1 Å². The van der Waals surface area contributed by atoms with Crippen molar-refractivity contribution in [2.24, 2.45) is 0 Å². The predicted molar refractivity (Wildman–Crippen MR) is 62.4 cm³/mol.